The van der Waals surface area contributed by atoms with E-state index >= 15 is 0 Å². The highest BCUT2D eigenvalue weighted by Crippen LogP contribution is 2.20. The Hall–Kier alpha value is -2.70. The molecular formula is C20H22N4O2. The molecule has 0 aliphatic carbocycles. The zero-order chi connectivity index (χ0) is 18.1. The highest BCUT2D eigenvalue weighted by Gasteiger charge is 2.28. The highest BCUT2D eigenvalue weighted by molar-refractivity contribution is 5.79. The number of para-hydroxylation sites is 2. The van der Waals surface area contributed by atoms with E-state index in [1.54, 1.807) is 0 Å². The van der Waals surface area contributed by atoms with Crippen LogP contribution >= 0.6 is 0 Å². The number of morpholine rings is 1. The number of nitrogens with two attached hydrogens (primary N) is 1. The first kappa shape index (κ1) is 16.8. The summed E-state index contributed by atoms with van der Waals surface area (Å²) in [5.41, 5.74) is 9.74. The molecule has 1 aromatic heterocycles. The predicted molar refractivity (Wildman–Crippen MR) is 99.9 cm³/mol. The zero-order valence-electron chi connectivity index (χ0n) is 14.7. The van der Waals surface area contributed by atoms with E-state index < -0.39 is 12.0 Å². The number of hydrogen-bond acceptors (Lipinski definition) is 4. The van der Waals surface area contributed by atoms with Gasteiger partial charge in [-0.2, -0.15) is 0 Å². The van der Waals surface area contributed by atoms with Crippen molar-refractivity contribution in [3.05, 3.63) is 60.4 Å². The third-order valence-corrected chi connectivity index (χ3v) is 4.73. The molecule has 1 aliphatic rings. The van der Waals surface area contributed by atoms with Gasteiger partial charge in [0.2, 0.25) is 5.91 Å². The SMILES string of the molecule is C[C@@H]1CN(Cc2ccc(-n3cnc4ccccc43)cc2)CC(C(N)=O)O1. The first-order chi connectivity index (χ1) is 12.6. The molecule has 2 aromatic carbocycles. The molecule has 2 N–H and O–H groups in total. The largest absolute Gasteiger partial charge is 0.367 e. The highest BCUT2D eigenvalue weighted by atomic mass is 16.5. The van der Waals surface area contributed by atoms with Crippen molar-refractivity contribution in [1.82, 2.24) is 14.5 Å². The van der Waals surface area contributed by atoms with Crippen LogP contribution in [0.1, 0.15) is 12.5 Å². The quantitative estimate of drug-likeness (QED) is 0.782. The maximum absolute atomic E-state index is 11.4. The molecule has 134 valence electrons. The van der Waals surface area contributed by atoms with Gasteiger partial charge in [0.15, 0.2) is 0 Å². The molecule has 0 radical (unpaired) electrons. The van der Waals surface area contributed by atoms with Gasteiger partial charge >= 0.3 is 0 Å². The Morgan fingerprint density at radius 2 is 1.96 bits per heavy atom. The van der Waals surface area contributed by atoms with Gasteiger partial charge < -0.3 is 10.5 Å². The van der Waals surface area contributed by atoms with Crippen LogP contribution in [0.25, 0.3) is 16.7 Å². The number of hydrogen-bond donors (Lipinski definition) is 1. The lowest BCUT2D eigenvalue weighted by Crippen LogP contribution is -2.51. The van der Waals surface area contributed by atoms with E-state index in [2.05, 4.69) is 44.8 Å². The minimum atomic E-state index is -0.532. The molecule has 0 saturated carbocycles. The topological polar surface area (TPSA) is 73.4 Å². The van der Waals surface area contributed by atoms with Crippen molar-refractivity contribution in [3.8, 4) is 5.69 Å². The van der Waals surface area contributed by atoms with Gasteiger partial charge in [-0.15, -0.1) is 0 Å². The number of aromatic nitrogens is 2. The summed E-state index contributed by atoms with van der Waals surface area (Å²) in [6.45, 7) is 4.06. The van der Waals surface area contributed by atoms with Crippen LogP contribution in [0.4, 0.5) is 0 Å². The van der Waals surface area contributed by atoms with Crippen LogP contribution < -0.4 is 5.73 Å². The molecule has 3 aromatic rings. The smallest absolute Gasteiger partial charge is 0.247 e. The zero-order valence-corrected chi connectivity index (χ0v) is 14.7. The molecule has 26 heavy (non-hydrogen) atoms. The van der Waals surface area contributed by atoms with E-state index in [-0.39, 0.29) is 6.10 Å². The number of benzene rings is 2. The summed E-state index contributed by atoms with van der Waals surface area (Å²) in [6, 6.07) is 16.5. The van der Waals surface area contributed by atoms with Gasteiger partial charge in [-0.05, 0) is 36.8 Å². The number of carbonyl (C=O) groups is 1. The fourth-order valence-electron chi connectivity index (χ4n) is 3.51. The van der Waals surface area contributed by atoms with E-state index in [0.717, 1.165) is 29.8 Å². The van der Waals surface area contributed by atoms with Crippen molar-refractivity contribution in [2.45, 2.75) is 25.7 Å². The van der Waals surface area contributed by atoms with Crippen molar-refractivity contribution < 1.29 is 9.53 Å². The maximum atomic E-state index is 11.4. The Bertz CT molecular complexity index is 919. The fourth-order valence-corrected chi connectivity index (χ4v) is 3.51. The van der Waals surface area contributed by atoms with Crippen molar-refractivity contribution in [2.75, 3.05) is 13.1 Å². The van der Waals surface area contributed by atoms with Crippen LogP contribution in [0.2, 0.25) is 0 Å². The average Bonchev–Trinajstić information content (AvgIpc) is 3.06. The first-order valence-electron chi connectivity index (χ1n) is 8.78. The van der Waals surface area contributed by atoms with E-state index in [9.17, 15) is 4.79 Å². The summed E-state index contributed by atoms with van der Waals surface area (Å²) >= 11 is 0. The molecule has 6 heteroatoms. The molecule has 2 heterocycles. The molecule has 1 unspecified atom stereocenters. The summed E-state index contributed by atoms with van der Waals surface area (Å²) in [5, 5.41) is 0. The molecule has 0 spiro atoms. The molecule has 4 rings (SSSR count). The Morgan fingerprint density at radius 1 is 1.19 bits per heavy atom. The van der Waals surface area contributed by atoms with Crippen LogP contribution in [-0.2, 0) is 16.1 Å². The summed E-state index contributed by atoms with van der Waals surface area (Å²) < 4.78 is 7.68. The van der Waals surface area contributed by atoms with Gasteiger partial charge in [0.05, 0.1) is 17.1 Å². The Morgan fingerprint density at radius 3 is 2.73 bits per heavy atom. The van der Waals surface area contributed by atoms with E-state index in [1.165, 1.54) is 5.56 Å². The number of nitrogens with zero attached hydrogens (tertiary/aromatic N) is 3. The summed E-state index contributed by atoms with van der Waals surface area (Å²) in [7, 11) is 0. The second kappa shape index (κ2) is 6.90. The van der Waals surface area contributed by atoms with Crippen molar-refractivity contribution in [1.29, 1.82) is 0 Å². The molecule has 1 saturated heterocycles. The number of primary amides is 1. The molecule has 2 atom stereocenters. The Balaban J connectivity index is 1.50. The van der Waals surface area contributed by atoms with Crippen LogP contribution in [0, 0.1) is 0 Å². The van der Waals surface area contributed by atoms with E-state index in [0.29, 0.717) is 6.54 Å². The van der Waals surface area contributed by atoms with Crippen molar-refractivity contribution in [3.63, 3.8) is 0 Å². The number of rotatable bonds is 4. The van der Waals surface area contributed by atoms with Crippen molar-refractivity contribution in [2.24, 2.45) is 5.73 Å². The second-order valence-corrected chi connectivity index (χ2v) is 6.80. The van der Waals surface area contributed by atoms with Gasteiger partial charge in [-0.1, -0.05) is 24.3 Å². The minimum Gasteiger partial charge on any atom is -0.367 e. The summed E-state index contributed by atoms with van der Waals surface area (Å²) in [5.74, 6) is -0.399. The van der Waals surface area contributed by atoms with E-state index in [4.69, 9.17) is 10.5 Å². The lowest BCUT2D eigenvalue weighted by Gasteiger charge is -2.35. The number of amides is 1. The number of carbonyl (C=O) groups excluding carboxylic acids is 1. The Kier molecular flexibility index (Phi) is 4.44. The van der Waals surface area contributed by atoms with Crippen LogP contribution in [0.3, 0.4) is 0 Å². The minimum absolute atomic E-state index is 0.00200. The third-order valence-electron chi connectivity index (χ3n) is 4.73. The number of ether oxygens (including phenoxy) is 1. The third kappa shape index (κ3) is 3.34. The Labute approximate surface area is 152 Å². The number of fused-ring (bicyclic) bond motifs is 1. The standard InChI is InChI=1S/C20H22N4O2/c1-14-10-23(12-19(26-14)20(21)25)11-15-6-8-16(9-7-15)24-13-22-17-4-2-3-5-18(17)24/h2-9,13-14,19H,10-12H2,1H3,(H2,21,25)/t14-,19?/m1/s1. The average molecular weight is 350 g/mol. The molecular weight excluding hydrogens is 328 g/mol. The fraction of sp³-hybridized carbons (Fsp3) is 0.300. The lowest BCUT2D eigenvalue weighted by atomic mass is 10.1. The predicted octanol–water partition coefficient (Wildman–Crippen LogP) is 2.10. The van der Waals surface area contributed by atoms with Gasteiger partial charge in [0.25, 0.3) is 0 Å². The summed E-state index contributed by atoms with van der Waals surface area (Å²) in [4.78, 5) is 18.1. The van der Waals surface area contributed by atoms with Crippen LogP contribution in [0.5, 0.6) is 0 Å². The number of imidazole rings is 1. The van der Waals surface area contributed by atoms with Gasteiger partial charge in [0, 0.05) is 25.3 Å². The normalized spacial score (nSPS) is 21.1. The van der Waals surface area contributed by atoms with Crippen LogP contribution in [0.15, 0.2) is 54.9 Å². The summed E-state index contributed by atoms with van der Waals surface area (Å²) in [6.07, 6.45) is 1.31. The monoisotopic (exact) mass is 350 g/mol. The van der Waals surface area contributed by atoms with Crippen LogP contribution in [-0.4, -0.2) is 45.7 Å². The molecule has 0 bridgehead atoms. The van der Waals surface area contributed by atoms with Gasteiger partial charge in [-0.3, -0.25) is 14.3 Å². The second-order valence-electron chi connectivity index (χ2n) is 6.80. The molecule has 6 nitrogen and oxygen atoms in total. The van der Waals surface area contributed by atoms with E-state index in [1.807, 2.05) is 31.5 Å². The molecule has 1 fully saturated rings. The lowest BCUT2D eigenvalue weighted by molar-refractivity contribution is -0.142. The first-order valence-corrected chi connectivity index (χ1v) is 8.78. The van der Waals surface area contributed by atoms with Crippen molar-refractivity contribution >= 4 is 16.9 Å². The van der Waals surface area contributed by atoms with Gasteiger partial charge in [0.1, 0.15) is 12.4 Å². The molecule has 1 aliphatic heterocycles. The molecule has 1 amide bonds. The van der Waals surface area contributed by atoms with Gasteiger partial charge in [-0.25, -0.2) is 4.98 Å². The maximum Gasteiger partial charge on any atom is 0.247 e.